The number of halogens is 2. The molecule has 2 aliphatic carbocycles. The van der Waals surface area contributed by atoms with Crippen molar-refractivity contribution in [3.8, 4) is 22.3 Å². The van der Waals surface area contributed by atoms with Gasteiger partial charge in [0.1, 0.15) is 0 Å². The van der Waals surface area contributed by atoms with E-state index >= 15 is 0 Å². The van der Waals surface area contributed by atoms with Crippen molar-refractivity contribution in [1.82, 2.24) is 4.98 Å². The van der Waals surface area contributed by atoms with Crippen molar-refractivity contribution in [2.45, 2.75) is 5.92 Å². The first-order chi connectivity index (χ1) is 14.4. The van der Waals surface area contributed by atoms with Gasteiger partial charge in [0.05, 0.1) is 5.52 Å². The Kier molecular flexibility index (Phi) is 7.45. The van der Waals surface area contributed by atoms with Gasteiger partial charge in [0, 0.05) is 6.20 Å². The smallest absolute Gasteiger partial charge is 1.00 e. The normalized spacial score (nSPS) is 15.0. The van der Waals surface area contributed by atoms with Crippen molar-refractivity contribution < 1.29 is 42.2 Å². The largest absolute Gasteiger partial charge is 3.00 e. The number of aromatic nitrogens is 1. The van der Waals surface area contributed by atoms with E-state index < -0.39 is 0 Å². The molecule has 1 radical (unpaired) electrons. The van der Waals surface area contributed by atoms with Crippen LogP contribution in [0.3, 0.4) is 0 Å². The van der Waals surface area contributed by atoms with Gasteiger partial charge in [0.2, 0.25) is 0 Å². The molecule has 0 N–H and O–H groups in total. The molecule has 1 nitrogen and oxygen atoms in total. The van der Waals surface area contributed by atoms with Gasteiger partial charge in [-0.2, -0.15) is 0 Å². The Labute approximate surface area is 211 Å². The molecular weight excluding hydrogens is 473 g/mol. The molecule has 0 fully saturated rings. The van der Waals surface area contributed by atoms with Crippen molar-refractivity contribution in [2.75, 3.05) is 0 Å². The molecule has 0 amide bonds. The van der Waals surface area contributed by atoms with Crippen molar-refractivity contribution >= 4 is 10.9 Å². The van der Waals surface area contributed by atoms with Gasteiger partial charge in [-0.15, -0.1) is 34.9 Å². The third kappa shape index (κ3) is 3.85. The summed E-state index contributed by atoms with van der Waals surface area (Å²) < 4.78 is 0. The number of pyridine rings is 1. The molecular formula is C28H18Cl2CrN. The Morgan fingerprint density at radius 3 is 2.41 bits per heavy atom. The molecule has 0 saturated carbocycles. The molecule has 1 unspecified atom stereocenters. The van der Waals surface area contributed by atoms with Crippen molar-refractivity contribution in [3.63, 3.8) is 0 Å². The fraction of sp³-hybridized carbons (Fsp3) is 0.0357. The van der Waals surface area contributed by atoms with Crippen LogP contribution in [0.5, 0.6) is 0 Å². The van der Waals surface area contributed by atoms with Gasteiger partial charge in [0.25, 0.3) is 0 Å². The fourth-order valence-electron chi connectivity index (χ4n) is 4.53. The summed E-state index contributed by atoms with van der Waals surface area (Å²) in [6.07, 6.45) is 14.3. The molecule has 0 bridgehead atoms. The Morgan fingerprint density at radius 1 is 0.750 bits per heavy atom. The van der Waals surface area contributed by atoms with Crippen LogP contribution in [-0.4, -0.2) is 4.98 Å². The van der Waals surface area contributed by atoms with Crippen molar-refractivity contribution in [1.29, 1.82) is 0 Å². The van der Waals surface area contributed by atoms with Crippen LogP contribution in [0.1, 0.15) is 17.0 Å². The van der Waals surface area contributed by atoms with E-state index in [0.29, 0.717) is 5.92 Å². The predicted molar refractivity (Wildman–Crippen MR) is 119 cm³/mol. The number of benzene rings is 3. The van der Waals surface area contributed by atoms with Crippen LogP contribution < -0.4 is 24.8 Å². The molecule has 0 spiro atoms. The molecule has 1 heterocycles. The summed E-state index contributed by atoms with van der Waals surface area (Å²) in [7, 11) is 0. The van der Waals surface area contributed by atoms with E-state index in [-0.39, 0.29) is 42.2 Å². The van der Waals surface area contributed by atoms with Crippen molar-refractivity contribution in [2.24, 2.45) is 0 Å². The fourth-order valence-corrected chi connectivity index (χ4v) is 4.53. The summed E-state index contributed by atoms with van der Waals surface area (Å²) in [5.74, 6) is 0.293. The first-order valence-corrected chi connectivity index (χ1v) is 9.95. The second-order valence-electron chi connectivity index (χ2n) is 7.50. The zero-order chi connectivity index (χ0) is 19.2. The average molecular weight is 491 g/mol. The van der Waals surface area contributed by atoms with Crippen LogP contribution in [0.2, 0.25) is 0 Å². The summed E-state index contributed by atoms with van der Waals surface area (Å²) in [5.41, 5.74) is 9.62. The van der Waals surface area contributed by atoms with Gasteiger partial charge < -0.3 is 24.8 Å². The van der Waals surface area contributed by atoms with E-state index in [1.807, 2.05) is 12.3 Å². The SMILES string of the molecule is [C-]1=C2C=CC=CC2c2ccc(-c3ccccc3)c(-c3cccc4cccnc34)c21.[Cl-].[Cl-].[Cr+3]. The molecule has 4 heteroatoms. The zero-order valence-corrected chi connectivity index (χ0v) is 19.8. The first-order valence-electron chi connectivity index (χ1n) is 9.95. The number of para-hydroxylation sites is 1. The number of fused-ring (bicyclic) bond motifs is 4. The number of nitrogens with zero attached hydrogens (tertiary/aromatic N) is 1. The standard InChI is InChI=1S/C28H18N.2ClH.Cr/c1-2-8-19(9-3-1)23-15-16-24-22-13-5-4-10-21(22)18-26(24)27(23)25-14-6-11-20-12-7-17-29-28(20)25;;;/h1-17,22H;2*1H;/q-1;;;+3/p-2. The van der Waals surface area contributed by atoms with E-state index in [4.69, 9.17) is 4.98 Å². The topological polar surface area (TPSA) is 12.9 Å². The zero-order valence-electron chi connectivity index (χ0n) is 17.0. The van der Waals surface area contributed by atoms with Crippen LogP contribution in [0.15, 0.2) is 109 Å². The number of allylic oxidation sites excluding steroid dienone is 5. The van der Waals surface area contributed by atoms with Crippen LogP contribution in [-0.2, 0) is 17.4 Å². The monoisotopic (exact) mass is 490 g/mol. The molecule has 32 heavy (non-hydrogen) atoms. The summed E-state index contributed by atoms with van der Waals surface area (Å²) in [4.78, 5) is 4.75. The minimum absolute atomic E-state index is 0. The van der Waals surface area contributed by atoms with Crippen LogP contribution in [0, 0.1) is 6.08 Å². The second-order valence-corrected chi connectivity index (χ2v) is 7.50. The van der Waals surface area contributed by atoms with Crippen LogP contribution in [0.25, 0.3) is 33.2 Å². The summed E-state index contributed by atoms with van der Waals surface area (Å²) in [5, 5.41) is 1.16. The summed E-state index contributed by atoms with van der Waals surface area (Å²) in [6, 6.07) is 25.7. The summed E-state index contributed by atoms with van der Waals surface area (Å²) >= 11 is 0. The first kappa shape index (κ1) is 24.1. The van der Waals surface area contributed by atoms with E-state index in [9.17, 15) is 0 Å². The van der Waals surface area contributed by atoms with E-state index in [0.717, 1.165) is 10.9 Å². The molecule has 3 aromatic carbocycles. The van der Waals surface area contributed by atoms with Crippen LogP contribution >= 0.6 is 0 Å². The third-order valence-electron chi connectivity index (χ3n) is 5.85. The van der Waals surface area contributed by atoms with Crippen LogP contribution in [0.4, 0.5) is 0 Å². The Bertz CT molecular complexity index is 1350. The van der Waals surface area contributed by atoms with E-state index in [1.165, 1.54) is 39.0 Å². The maximum atomic E-state index is 4.75. The Morgan fingerprint density at radius 2 is 1.56 bits per heavy atom. The van der Waals surface area contributed by atoms with Crippen molar-refractivity contribution in [3.05, 3.63) is 126 Å². The minimum atomic E-state index is 0. The van der Waals surface area contributed by atoms with Gasteiger partial charge in [0.15, 0.2) is 0 Å². The van der Waals surface area contributed by atoms with Gasteiger partial charge in [-0.1, -0.05) is 90.0 Å². The second kappa shape index (κ2) is 9.90. The average Bonchev–Trinajstić information content (AvgIpc) is 3.17. The van der Waals surface area contributed by atoms with Gasteiger partial charge in [-0.05, 0) is 28.5 Å². The Balaban J connectivity index is 0.000000963. The van der Waals surface area contributed by atoms with Gasteiger partial charge >= 0.3 is 17.4 Å². The maximum absolute atomic E-state index is 4.75. The van der Waals surface area contributed by atoms with E-state index in [2.05, 4.69) is 97.1 Å². The number of rotatable bonds is 2. The molecule has 4 aromatic rings. The molecule has 1 aromatic heterocycles. The summed E-state index contributed by atoms with van der Waals surface area (Å²) in [6.45, 7) is 0. The number of hydrogen-bond acceptors (Lipinski definition) is 1. The van der Waals surface area contributed by atoms with Gasteiger partial charge in [-0.25, -0.2) is 0 Å². The molecule has 0 aliphatic heterocycles. The Hall–Kier alpha value is -2.60. The third-order valence-corrected chi connectivity index (χ3v) is 5.85. The number of hydrogen-bond donors (Lipinski definition) is 0. The molecule has 2 aliphatic rings. The predicted octanol–water partition coefficient (Wildman–Crippen LogP) is 0.875. The quantitative estimate of drug-likeness (QED) is 0.380. The minimum Gasteiger partial charge on any atom is -1.00 e. The van der Waals surface area contributed by atoms with E-state index in [1.54, 1.807) is 0 Å². The van der Waals surface area contributed by atoms with Gasteiger partial charge in [-0.3, -0.25) is 4.98 Å². The molecule has 6 rings (SSSR count). The molecule has 0 saturated heterocycles. The molecule has 155 valence electrons. The maximum Gasteiger partial charge on any atom is 3.00 e. The molecule has 1 atom stereocenters.